The van der Waals surface area contributed by atoms with E-state index >= 15 is 0 Å². The predicted octanol–water partition coefficient (Wildman–Crippen LogP) is 3.19. The molecule has 0 aliphatic heterocycles. The number of hydrogen-bond acceptors (Lipinski definition) is 4. The second-order valence-corrected chi connectivity index (χ2v) is 5.30. The Bertz CT molecular complexity index is 228. The molecule has 4 heteroatoms. The van der Waals surface area contributed by atoms with Crippen LogP contribution in [-0.4, -0.2) is 38.0 Å². The molecule has 0 aromatic rings. The summed E-state index contributed by atoms with van der Waals surface area (Å²) in [6.45, 7) is 11.8. The summed E-state index contributed by atoms with van der Waals surface area (Å²) >= 11 is 0. The van der Waals surface area contributed by atoms with Crippen molar-refractivity contribution < 1.29 is 19.0 Å². The van der Waals surface area contributed by atoms with E-state index in [1.54, 1.807) is 0 Å². The Morgan fingerprint density at radius 1 is 1.11 bits per heavy atom. The summed E-state index contributed by atoms with van der Waals surface area (Å²) in [6.07, 6.45) is 2.44. The number of unbranched alkanes of at least 4 members (excludes halogenated alkanes) is 1. The summed E-state index contributed by atoms with van der Waals surface area (Å²) < 4.78 is 16.2. The van der Waals surface area contributed by atoms with Crippen molar-refractivity contribution in [1.82, 2.24) is 0 Å². The third-order valence-electron chi connectivity index (χ3n) is 2.97. The third-order valence-corrected chi connectivity index (χ3v) is 2.97. The van der Waals surface area contributed by atoms with Gasteiger partial charge in [-0.15, -0.1) is 0 Å². The summed E-state index contributed by atoms with van der Waals surface area (Å²) in [5.41, 5.74) is 0. The highest BCUT2D eigenvalue weighted by Gasteiger charge is 2.10. The van der Waals surface area contributed by atoms with Gasteiger partial charge in [0.05, 0.1) is 25.9 Å². The molecule has 0 saturated carbocycles. The molecule has 0 aliphatic carbocycles. The van der Waals surface area contributed by atoms with Gasteiger partial charge < -0.3 is 14.2 Å². The van der Waals surface area contributed by atoms with Gasteiger partial charge in [-0.3, -0.25) is 4.79 Å². The van der Waals surface area contributed by atoms with Gasteiger partial charge in [0.1, 0.15) is 6.10 Å². The Kier molecular flexibility index (Phi) is 10.9. The highest BCUT2D eigenvalue weighted by Crippen LogP contribution is 2.05. The average Bonchev–Trinajstić information content (AvgIpc) is 2.35. The maximum Gasteiger partial charge on any atom is 0.306 e. The molecule has 0 amide bonds. The zero-order valence-electron chi connectivity index (χ0n) is 13.1. The fraction of sp³-hybridized carbons (Fsp3) is 0.933. The van der Waals surface area contributed by atoms with Crippen LogP contribution in [0.1, 0.15) is 53.9 Å². The van der Waals surface area contributed by atoms with E-state index in [1.165, 1.54) is 0 Å². The molecule has 0 fully saturated rings. The first-order valence-corrected chi connectivity index (χ1v) is 7.36. The van der Waals surface area contributed by atoms with E-state index < -0.39 is 0 Å². The Morgan fingerprint density at radius 2 is 1.79 bits per heavy atom. The second-order valence-electron chi connectivity index (χ2n) is 5.30. The molecule has 0 saturated heterocycles. The van der Waals surface area contributed by atoms with E-state index in [9.17, 15) is 4.79 Å². The fourth-order valence-corrected chi connectivity index (χ4v) is 1.37. The van der Waals surface area contributed by atoms with Crippen LogP contribution in [0.2, 0.25) is 0 Å². The van der Waals surface area contributed by atoms with E-state index in [0.717, 1.165) is 12.8 Å². The van der Waals surface area contributed by atoms with Crippen molar-refractivity contribution in [2.45, 2.75) is 66.1 Å². The van der Waals surface area contributed by atoms with E-state index in [2.05, 4.69) is 27.7 Å². The van der Waals surface area contributed by atoms with Crippen LogP contribution >= 0.6 is 0 Å². The molecule has 4 nitrogen and oxygen atoms in total. The molecular formula is C15H30O4. The first-order chi connectivity index (χ1) is 8.97. The topological polar surface area (TPSA) is 44.8 Å². The summed E-state index contributed by atoms with van der Waals surface area (Å²) in [7, 11) is 0. The minimum Gasteiger partial charge on any atom is -0.460 e. The lowest BCUT2D eigenvalue weighted by Gasteiger charge is -2.17. The van der Waals surface area contributed by atoms with E-state index in [4.69, 9.17) is 14.2 Å². The van der Waals surface area contributed by atoms with Crippen LogP contribution in [0.3, 0.4) is 0 Å². The highest BCUT2D eigenvalue weighted by atomic mass is 16.6. The number of carbonyl (C=O) groups is 1. The van der Waals surface area contributed by atoms with Crippen LogP contribution in [0.25, 0.3) is 0 Å². The van der Waals surface area contributed by atoms with Crippen LogP contribution in [-0.2, 0) is 19.0 Å². The van der Waals surface area contributed by atoms with Gasteiger partial charge in [-0.2, -0.15) is 0 Å². The molecule has 2 atom stereocenters. The van der Waals surface area contributed by atoms with E-state index in [-0.39, 0.29) is 18.2 Å². The van der Waals surface area contributed by atoms with Crippen LogP contribution in [0.5, 0.6) is 0 Å². The largest absolute Gasteiger partial charge is 0.460 e. The van der Waals surface area contributed by atoms with Crippen molar-refractivity contribution in [1.29, 1.82) is 0 Å². The Hall–Kier alpha value is -0.610. The van der Waals surface area contributed by atoms with Gasteiger partial charge in [0.25, 0.3) is 0 Å². The zero-order chi connectivity index (χ0) is 14.7. The zero-order valence-corrected chi connectivity index (χ0v) is 13.1. The summed E-state index contributed by atoms with van der Waals surface area (Å²) in [5.74, 6) is 0.376. The van der Waals surface area contributed by atoms with Crippen molar-refractivity contribution in [2.24, 2.45) is 5.92 Å². The maximum absolute atomic E-state index is 11.4. The van der Waals surface area contributed by atoms with Crippen molar-refractivity contribution in [2.75, 3.05) is 19.8 Å². The lowest BCUT2D eigenvalue weighted by Crippen LogP contribution is -2.23. The summed E-state index contributed by atoms with van der Waals surface area (Å²) in [4.78, 5) is 11.4. The van der Waals surface area contributed by atoms with Gasteiger partial charge in [0, 0.05) is 6.42 Å². The van der Waals surface area contributed by atoms with Crippen LogP contribution in [0, 0.1) is 5.92 Å². The normalized spacial score (nSPS) is 14.4. The van der Waals surface area contributed by atoms with Gasteiger partial charge >= 0.3 is 5.97 Å². The molecule has 0 N–H and O–H groups in total. The molecule has 0 rings (SSSR count). The maximum atomic E-state index is 11.4. The fourth-order valence-electron chi connectivity index (χ4n) is 1.37. The van der Waals surface area contributed by atoms with Gasteiger partial charge in [-0.1, -0.05) is 27.2 Å². The third kappa shape index (κ3) is 11.0. The van der Waals surface area contributed by atoms with Gasteiger partial charge in [-0.05, 0) is 26.2 Å². The molecule has 114 valence electrons. The standard InChI is InChI=1S/C15H30O4/c1-6-7-8-15(16)19-13(4)11-17-9-10-18-14(5)12(2)3/h12-14H,6-11H2,1-5H3. The van der Waals surface area contributed by atoms with Crippen molar-refractivity contribution in [3.8, 4) is 0 Å². The first kappa shape index (κ1) is 18.4. The van der Waals surface area contributed by atoms with E-state index in [1.807, 2.05) is 6.92 Å². The number of hydrogen-bond donors (Lipinski definition) is 0. The Balaban J connectivity index is 3.48. The smallest absolute Gasteiger partial charge is 0.306 e. The Labute approximate surface area is 117 Å². The minimum atomic E-state index is -0.188. The number of rotatable bonds is 11. The first-order valence-electron chi connectivity index (χ1n) is 7.36. The van der Waals surface area contributed by atoms with Gasteiger partial charge in [-0.25, -0.2) is 0 Å². The van der Waals surface area contributed by atoms with Crippen molar-refractivity contribution in [3.63, 3.8) is 0 Å². The molecule has 0 aliphatic rings. The molecule has 0 spiro atoms. The van der Waals surface area contributed by atoms with Crippen LogP contribution in [0.4, 0.5) is 0 Å². The lowest BCUT2D eigenvalue weighted by atomic mass is 10.1. The van der Waals surface area contributed by atoms with Crippen LogP contribution in [0.15, 0.2) is 0 Å². The highest BCUT2D eigenvalue weighted by molar-refractivity contribution is 5.69. The number of carbonyl (C=O) groups excluding carboxylic acids is 1. The van der Waals surface area contributed by atoms with Gasteiger partial charge in [0.2, 0.25) is 0 Å². The summed E-state index contributed by atoms with van der Waals surface area (Å²) in [6, 6.07) is 0. The SMILES string of the molecule is CCCCC(=O)OC(C)COCCOC(C)C(C)C. The van der Waals surface area contributed by atoms with Crippen molar-refractivity contribution >= 4 is 5.97 Å². The molecule has 2 unspecified atom stereocenters. The van der Waals surface area contributed by atoms with Gasteiger partial charge in [0.15, 0.2) is 0 Å². The minimum absolute atomic E-state index is 0.136. The molecule has 0 aromatic carbocycles. The second kappa shape index (κ2) is 11.2. The molecule has 0 heterocycles. The average molecular weight is 274 g/mol. The number of esters is 1. The Morgan fingerprint density at radius 3 is 2.37 bits per heavy atom. The van der Waals surface area contributed by atoms with E-state index in [0.29, 0.717) is 32.2 Å². The quantitative estimate of drug-likeness (QED) is 0.429. The molecule has 19 heavy (non-hydrogen) atoms. The monoisotopic (exact) mass is 274 g/mol. The van der Waals surface area contributed by atoms with Crippen molar-refractivity contribution in [3.05, 3.63) is 0 Å². The molecular weight excluding hydrogens is 244 g/mol. The predicted molar refractivity (Wildman–Crippen MR) is 76.2 cm³/mol. The summed E-state index contributed by atoms with van der Waals surface area (Å²) in [5, 5.41) is 0. The molecule has 0 radical (unpaired) electrons. The lowest BCUT2D eigenvalue weighted by molar-refractivity contribution is -0.151. The molecule has 0 aromatic heterocycles. The number of ether oxygens (including phenoxy) is 3. The van der Waals surface area contributed by atoms with Crippen LogP contribution < -0.4 is 0 Å². The molecule has 0 bridgehead atoms.